The Morgan fingerprint density at radius 3 is 1.02 bits per heavy atom. The van der Waals surface area contributed by atoms with Crippen molar-refractivity contribution in [1.29, 1.82) is 0 Å². The van der Waals surface area contributed by atoms with E-state index in [1.54, 1.807) is 0 Å². The molecular formula is C41H76N4OSr. The molecule has 5 nitrogen and oxygen atoms in total. The number of imidazole rings is 2. The number of ether oxygens (including phenoxy) is 1. The molecule has 1 saturated heterocycles. The Balaban J connectivity index is 0.000000749. The quantitative estimate of drug-likeness (QED) is 0.204. The molecule has 6 heteroatoms. The molecule has 2 aromatic rings. The summed E-state index contributed by atoms with van der Waals surface area (Å²) in [5.41, 5.74) is 5.33. The largest absolute Gasteiger partial charge is 2.00 e. The van der Waals surface area contributed by atoms with Gasteiger partial charge in [-0.1, -0.05) is 166 Å². The van der Waals surface area contributed by atoms with Crippen LogP contribution in [0.1, 0.15) is 211 Å². The summed E-state index contributed by atoms with van der Waals surface area (Å²) >= 11 is 0. The molecule has 47 heavy (non-hydrogen) atoms. The number of hydrogen-bond donors (Lipinski definition) is 0. The Morgan fingerprint density at radius 1 is 0.532 bits per heavy atom. The summed E-state index contributed by atoms with van der Waals surface area (Å²) in [4.78, 5) is 20.0. The van der Waals surface area contributed by atoms with E-state index in [1.165, 1.54) is 29.2 Å². The minimum Gasteiger partial charge on any atom is -0.442 e. The van der Waals surface area contributed by atoms with E-state index in [0.29, 0.717) is 0 Å². The van der Waals surface area contributed by atoms with Gasteiger partial charge in [0.05, 0.1) is 0 Å². The maximum absolute atomic E-state index is 5.06. The first-order valence-electron chi connectivity index (χ1n) is 18.6. The minimum atomic E-state index is 0. The second-order valence-corrected chi connectivity index (χ2v) is 17.9. The molecule has 0 spiro atoms. The topological polar surface area (TPSA) is 63.2 Å². The van der Waals surface area contributed by atoms with E-state index in [-0.39, 0.29) is 78.0 Å². The first kappa shape index (κ1) is 46.9. The second kappa shape index (κ2) is 18.4. The molecule has 0 saturated carbocycles. The number of rotatable bonds is 12. The summed E-state index contributed by atoms with van der Waals surface area (Å²) in [6.07, 6.45) is 7.74. The number of hydrogen-bond acceptors (Lipinski definition) is 3. The van der Waals surface area contributed by atoms with Crippen molar-refractivity contribution in [2.75, 3.05) is 13.2 Å². The summed E-state index contributed by atoms with van der Waals surface area (Å²) in [7, 11) is 0. The van der Waals surface area contributed by atoms with Gasteiger partial charge in [0, 0.05) is 13.2 Å². The molecule has 3 rings (SSSR count). The van der Waals surface area contributed by atoms with E-state index >= 15 is 0 Å². The van der Waals surface area contributed by atoms with Gasteiger partial charge in [-0.2, -0.15) is 0 Å². The molecule has 0 amide bonds. The van der Waals surface area contributed by atoms with E-state index in [4.69, 9.17) is 24.7 Å². The fraction of sp³-hybridized carbons (Fsp3) is 0.854. The van der Waals surface area contributed by atoms with Crippen LogP contribution in [-0.4, -0.2) is 68.7 Å². The van der Waals surface area contributed by atoms with Crippen molar-refractivity contribution >= 4 is 45.5 Å². The van der Waals surface area contributed by atoms with E-state index in [9.17, 15) is 0 Å². The van der Waals surface area contributed by atoms with Crippen molar-refractivity contribution in [3.8, 4) is 0 Å². The normalized spacial score (nSPS) is 16.2. The molecule has 1 aliphatic rings. The van der Waals surface area contributed by atoms with Crippen LogP contribution in [0.15, 0.2) is 0 Å². The van der Waals surface area contributed by atoms with Crippen LogP contribution in [0.4, 0.5) is 0 Å². The molecule has 0 aromatic carbocycles. The summed E-state index contributed by atoms with van der Waals surface area (Å²) in [5.74, 6) is 2.87. The van der Waals surface area contributed by atoms with Crippen molar-refractivity contribution in [3.63, 3.8) is 0 Å². The van der Waals surface area contributed by atoms with Gasteiger partial charge in [0.15, 0.2) is 0 Å². The monoisotopic (exact) mass is 729 g/mol. The fourth-order valence-electron chi connectivity index (χ4n) is 4.82. The predicted molar refractivity (Wildman–Crippen MR) is 205 cm³/mol. The molecule has 0 aliphatic carbocycles. The first-order chi connectivity index (χ1) is 20.9. The Hall–Kier alpha value is -0.139. The molecule has 2 aromatic heterocycles. The molecule has 1 aliphatic heterocycles. The van der Waals surface area contributed by atoms with Crippen LogP contribution in [0.25, 0.3) is 0 Å². The molecule has 3 heterocycles. The minimum absolute atomic E-state index is 0. The van der Waals surface area contributed by atoms with Gasteiger partial charge in [-0.15, -0.1) is 0 Å². The van der Waals surface area contributed by atoms with Crippen LogP contribution in [-0.2, 0) is 37.2 Å². The summed E-state index contributed by atoms with van der Waals surface area (Å²) < 4.78 is 5.06. The van der Waals surface area contributed by atoms with E-state index < -0.39 is 0 Å². The summed E-state index contributed by atoms with van der Waals surface area (Å²) in [5, 5.41) is 0. The maximum Gasteiger partial charge on any atom is 2.00 e. The Bertz CT molecular complexity index is 1040. The van der Waals surface area contributed by atoms with Gasteiger partial charge in [-0.3, -0.25) is 0 Å². The van der Waals surface area contributed by atoms with Gasteiger partial charge >= 0.3 is 45.5 Å². The van der Waals surface area contributed by atoms with Crippen LogP contribution >= 0.6 is 0 Å². The van der Waals surface area contributed by atoms with E-state index in [2.05, 4.69) is 132 Å². The average Bonchev–Trinajstić information content (AvgIpc) is 3.78. The SMILES string of the molecule is CC1CCOC1.CCC(C)(C)c1nc(C(C)(C)CC)c(C(C)(C)CC)[n-]1.CCC(C)(C)c1nc(C(C)(C)CC)c(C(C)(C)CC)[n-]1.[Sr+2]. The molecule has 0 N–H and O–H groups in total. The van der Waals surface area contributed by atoms with Gasteiger partial charge in [-0.05, 0) is 83.4 Å². The van der Waals surface area contributed by atoms with E-state index in [0.717, 1.165) is 69.3 Å². The number of aromatic nitrogens is 4. The van der Waals surface area contributed by atoms with E-state index in [1.807, 2.05) is 0 Å². The molecular weight excluding hydrogens is 652 g/mol. The van der Waals surface area contributed by atoms with Crippen LogP contribution in [0.5, 0.6) is 0 Å². The van der Waals surface area contributed by atoms with Crippen LogP contribution in [0.3, 0.4) is 0 Å². The van der Waals surface area contributed by atoms with Crippen molar-refractivity contribution in [3.05, 3.63) is 34.4 Å². The first-order valence-corrected chi connectivity index (χ1v) is 18.6. The second-order valence-electron chi connectivity index (χ2n) is 17.9. The summed E-state index contributed by atoms with van der Waals surface area (Å²) in [6, 6.07) is 0. The molecule has 1 atom stereocenters. The maximum atomic E-state index is 5.06. The van der Waals surface area contributed by atoms with Crippen molar-refractivity contribution in [2.45, 2.75) is 209 Å². The van der Waals surface area contributed by atoms with Gasteiger partial charge in [0.2, 0.25) is 0 Å². The van der Waals surface area contributed by atoms with Gasteiger partial charge < -0.3 is 24.7 Å². The Labute approximate surface area is 330 Å². The van der Waals surface area contributed by atoms with Crippen molar-refractivity contribution in [2.24, 2.45) is 5.92 Å². The molecule has 1 fully saturated rings. The van der Waals surface area contributed by atoms with Crippen LogP contribution < -0.4 is 9.97 Å². The van der Waals surface area contributed by atoms with Gasteiger partial charge in [0.1, 0.15) is 0 Å². The van der Waals surface area contributed by atoms with Crippen LogP contribution in [0.2, 0.25) is 0 Å². The Kier molecular flexibility index (Phi) is 18.3. The standard InChI is InChI=1S/2C18H33N2.C5H10O.Sr/c2*1-10-16(4,5)13-14(17(6,7)11-2)20-15(19-13)18(8,9)12-3;1-5-2-3-6-4-5;/h2*10-12H2,1-9H3;5H,2-4H2,1H3;/q2*-1;;+2. The third-order valence-electron chi connectivity index (χ3n) is 11.6. The Morgan fingerprint density at radius 2 is 0.830 bits per heavy atom. The van der Waals surface area contributed by atoms with Crippen LogP contribution in [0, 0.1) is 5.92 Å². The predicted octanol–water partition coefficient (Wildman–Crippen LogP) is 10.9. The number of nitrogens with zero attached hydrogens (tertiary/aromatic N) is 4. The third kappa shape index (κ3) is 12.3. The molecule has 0 radical (unpaired) electrons. The van der Waals surface area contributed by atoms with Gasteiger partial charge in [-0.25, -0.2) is 0 Å². The molecule has 268 valence electrons. The molecule has 1 unspecified atom stereocenters. The third-order valence-corrected chi connectivity index (χ3v) is 11.6. The zero-order valence-electron chi connectivity index (χ0n) is 34.8. The van der Waals surface area contributed by atoms with Crippen molar-refractivity contribution in [1.82, 2.24) is 19.9 Å². The van der Waals surface area contributed by atoms with Gasteiger partial charge in [0.25, 0.3) is 0 Å². The summed E-state index contributed by atoms with van der Waals surface area (Å²) in [6.45, 7) is 44.8. The average molecular weight is 729 g/mol. The molecule has 0 bridgehead atoms. The van der Waals surface area contributed by atoms with Crippen molar-refractivity contribution < 1.29 is 4.74 Å². The smallest absolute Gasteiger partial charge is 0.442 e. The zero-order chi connectivity index (χ0) is 35.9. The fourth-order valence-corrected chi connectivity index (χ4v) is 4.82. The zero-order valence-corrected chi connectivity index (χ0v) is 38.3.